The second-order valence-electron chi connectivity index (χ2n) is 4.02. The number of ether oxygens (including phenoxy) is 1. The molecule has 4 heteroatoms. The van der Waals surface area contributed by atoms with E-state index in [9.17, 15) is 4.79 Å². The molecule has 0 fully saturated rings. The van der Waals surface area contributed by atoms with Gasteiger partial charge in [0.2, 0.25) is 0 Å². The van der Waals surface area contributed by atoms with Crippen LogP contribution in [0.1, 0.15) is 24.1 Å². The molecular formula is C14H21NO2S. The van der Waals surface area contributed by atoms with Gasteiger partial charge in [-0.15, -0.1) is 11.8 Å². The van der Waals surface area contributed by atoms with Gasteiger partial charge in [-0.05, 0) is 32.0 Å². The second kappa shape index (κ2) is 8.16. The Bertz CT molecular complexity index is 382. The van der Waals surface area contributed by atoms with Gasteiger partial charge >= 0.3 is 5.97 Å². The molecule has 1 atom stereocenters. The highest BCUT2D eigenvalue weighted by Crippen LogP contribution is 2.21. The molecule has 0 aliphatic heterocycles. The fraction of sp³-hybridized carbons (Fsp3) is 0.500. The van der Waals surface area contributed by atoms with Crippen molar-refractivity contribution >= 4 is 17.7 Å². The highest BCUT2D eigenvalue weighted by molar-refractivity contribution is 7.99. The van der Waals surface area contributed by atoms with Crippen LogP contribution in [0, 0.1) is 6.92 Å². The van der Waals surface area contributed by atoms with E-state index >= 15 is 0 Å². The predicted octanol–water partition coefficient (Wildman–Crippen LogP) is 2.55. The molecule has 0 heterocycles. The molecule has 1 rings (SSSR count). The number of thioether (sulfide) groups is 1. The average Bonchev–Trinajstić information content (AvgIpc) is 2.36. The zero-order chi connectivity index (χ0) is 13.4. The number of benzene rings is 1. The van der Waals surface area contributed by atoms with Crippen LogP contribution in [0.15, 0.2) is 24.3 Å². The van der Waals surface area contributed by atoms with Crippen LogP contribution in [0.25, 0.3) is 0 Å². The van der Waals surface area contributed by atoms with E-state index in [1.165, 1.54) is 11.1 Å². The molecular weight excluding hydrogens is 246 g/mol. The maximum Gasteiger partial charge on any atom is 0.315 e. The van der Waals surface area contributed by atoms with Crippen molar-refractivity contribution in [3.05, 3.63) is 35.4 Å². The Kier molecular flexibility index (Phi) is 6.83. The van der Waals surface area contributed by atoms with Crippen LogP contribution < -0.4 is 5.32 Å². The van der Waals surface area contributed by atoms with E-state index in [0.29, 0.717) is 12.4 Å². The summed E-state index contributed by atoms with van der Waals surface area (Å²) >= 11 is 1.60. The lowest BCUT2D eigenvalue weighted by molar-refractivity contribution is -0.139. The summed E-state index contributed by atoms with van der Waals surface area (Å²) in [6, 6.07) is 8.59. The number of carbonyl (C=O) groups excluding carboxylic acids is 1. The smallest absolute Gasteiger partial charge is 0.315 e. The molecule has 0 spiro atoms. The van der Waals surface area contributed by atoms with E-state index in [0.717, 1.165) is 5.75 Å². The van der Waals surface area contributed by atoms with Crippen LogP contribution in [0.3, 0.4) is 0 Å². The topological polar surface area (TPSA) is 38.3 Å². The molecule has 0 radical (unpaired) electrons. The van der Waals surface area contributed by atoms with Gasteiger partial charge in [0.25, 0.3) is 0 Å². The molecule has 1 aromatic carbocycles. The first-order valence-electron chi connectivity index (χ1n) is 6.15. The number of hydrogen-bond donors (Lipinski definition) is 1. The number of hydrogen-bond acceptors (Lipinski definition) is 4. The highest BCUT2D eigenvalue weighted by Gasteiger charge is 2.12. The molecule has 100 valence electrons. The van der Waals surface area contributed by atoms with Gasteiger partial charge < -0.3 is 10.1 Å². The molecule has 0 aromatic heterocycles. The number of rotatable bonds is 7. The van der Waals surface area contributed by atoms with Gasteiger partial charge in [0.1, 0.15) is 0 Å². The lowest BCUT2D eigenvalue weighted by Gasteiger charge is -2.18. The molecule has 1 N–H and O–H groups in total. The largest absolute Gasteiger partial charge is 0.465 e. The summed E-state index contributed by atoms with van der Waals surface area (Å²) in [6.45, 7) is 4.38. The van der Waals surface area contributed by atoms with E-state index in [-0.39, 0.29) is 12.0 Å². The zero-order valence-corrected chi connectivity index (χ0v) is 12.0. The standard InChI is InChI=1S/C14H21NO2S/c1-4-17-14(16)10-18-9-13(15-3)12-8-6-5-7-11(12)2/h5-8,13,15H,4,9-10H2,1-3H3. The van der Waals surface area contributed by atoms with Crippen LogP contribution in [0.4, 0.5) is 0 Å². The van der Waals surface area contributed by atoms with Crippen molar-refractivity contribution in [3.8, 4) is 0 Å². The first kappa shape index (κ1) is 15.1. The van der Waals surface area contributed by atoms with Crippen molar-refractivity contribution in [1.82, 2.24) is 5.32 Å². The molecule has 0 aliphatic rings. The summed E-state index contributed by atoms with van der Waals surface area (Å²) in [7, 11) is 1.95. The molecule has 3 nitrogen and oxygen atoms in total. The highest BCUT2D eigenvalue weighted by atomic mass is 32.2. The first-order chi connectivity index (χ1) is 8.69. The van der Waals surface area contributed by atoms with Crippen molar-refractivity contribution < 1.29 is 9.53 Å². The number of aryl methyl sites for hydroxylation is 1. The lowest BCUT2D eigenvalue weighted by atomic mass is 10.0. The second-order valence-corrected chi connectivity index (χ2v) is 5.05. The molecule has 0 bridgehead atoms. The normalized spacial score (nSPS) is 12.2. The van der Waals surface area contributed by atoms with Gasteiger partial charge in [0, 0.05) is 11.8 Å². The minimum absolute atomic E-state index is 0.137. The van der Waals surface area contributed by atoms with E-state index in [1.54, 1.807) is 11.8 Å². The summed E-state index contributed by atoms with van der Waals surface area (Å²) in [5.74, 6) is 1.14. The fourth-order valence-corrected chi connectivity index (χ4v) is 2.72. The van der Waals surface area contributed by atoms with E-state index in [2.05, 4.69) is 24.4 Å². The van der Waals surface area contributed by atoms with Crippen molar-refractivity contribution in [2.24, 2.45) is 0 Å². The van der Waals surface area contributed by atoms with Crippen LogP contribution in [-0.4, -0.2) is 31.1 Å². The molecule has 0 saturated heterocycles. The first-order valence-corrected chi connectivity index (χ1v) is 7.30. The summed E-state index contributed by atoms with van der Waals surface area (Å²) in [5, 5.41) is 3.29. The van der Waals surface area contributed by atoms with Gasteiger partial charge in [-0.1, -0.05) is 24.3 Å². The van der Waals surface area contributed by atoms with Gasteiger partial charge in [0.15, 0.2) is 0 Å². The Hall–Kier alpha value is -1.00. The van der Waals surface area contributed by atoms with E-state index in [4.69, 9.17) is 4.74 Å². The Labute approximate surface area is 113 Å². The SMILES string of the molecule is CCOC(=O)CSCC(NC)c1ccccc1C. The zero-order valence-electron chi connectivity index (χ0n) is 11.2. The Morgan fingerprint density at radius 2 is 2.17 bits per heavy atom. The summed E-state index contributed by atoms with van der Waals surface area (Å²) in [5.41, 5.74) is 2.56. The maximum absolute atomic E-state index is 11.3. The number of esters is 1. The third-order valence-electron chi connectivity index (χ3n) is 2.72. The van der Waals surface area contributed by atoms with E-state index in [1.807, 2.05) is 26.1 Å². The van der Waals surface area contributed by atoms with Gasteiger partial charge in [-0.3, -0.25) is 4.79 Å². The van der Waals surface area contributed by atoms with Gasteiger partial charge in [0.05, 0.1) is 12.4 Å². The van der Waals surface area contributed by atoms with Crippen LogP contribution in [0.5, 0.6) is 0 Å². The fourth-order valence-electron chi connectivity index (χ4n) is 1.77. The van der Waals surface area contributed by atoms with E-state index < -0.39 is 0 Å². The molecule has 1 aromatic rings. The average molecular weight is 267 g/mol. The van der Waals surface area contributed by atoms with Gasteiger partial charge in [-0.2, -0.15) is 0 Å². The quantitative estimate of drug-likeness (QED) is 0.771. The minimum Gasteiger partial charge on any atom is -0.465 e. The van der Waals surface area contributed by atoms with Crippen LogP contribution in [-0.2, 0) is 9.53 Å². The minimum atomic E-state index is -0.137. The predicted molar refractivity (Wildman–Crippen MR) is 76.9 cm³/mol. The third kappa shape index (κ3) is 4.70. The monoisotopic (exact) mass is 267 g/mol. The lowest BCUT2D eigenvalue weighted by Crippen LogP contribution is -2.20. The molecule has 0 amide bonds. The summed E-state index contributed by atoms with van der Waals surface area (Å²) in [6.07, 6.45) is 0. The number of nitrogens with one attached hydrogen (secondary N) is 1. The van der Waals surface area contributed by atoms with Crippen molar-refractivity contribution in [1.29, 1.82) is 0 Å². The molecule has 0 saturated carbocycles. The van der Waals surface area contributed by atoms with Crippen molar-refractivity contribution in [2.75, 3.05) is 25.2 Å². The summed E-state index contributed by atoms with van der Waals surface area (Å²) < 4.78 is 4.91. The molecule has 1 unspecified atom stereocenters. The maximum atomic E-state index is 11.3. The molecule has 18 heavy (non-hydrogen) atoms. The van der Waals surface area contributed by atoms with Crippen LogP contribution in [0.2, 0.25) is 0 Å². The Morgan fingerprint density at radius 1 is 1.44 bits per heavy atom. The van der Waals surface area contributed by atoms with Crippen molar-refractivity contribution in [2.45, 2.75) is 19.9 Å². The van der Waals surface area contributed by atoms with Crippen molar-refractivity contribution in [3.63, 3.8) is 0 Å². The Morgan fingerprint density at radius 3 is 2.78 bits per heavy atom. The third-order valence-corrected chi connectivity index (χ3v) is 3.73. The Balaban J connectivity index is 2.48. The molecule has 0 aliphatic carbocycles. The summed E-state index contributed by atoms with van der Waals surface area (Å²) in [4.78, 5) is 11.3. The van der Waals surface area contributed by atoms with Crippen LogP contribution >= 0.6 is 11.8 Å². The number of carbonyl (C=O) groups is 1. The van der Waals surface area contributed by atoms with Gasteiger partial charge in [-0.25, -0.2) is 0 Å².